The van der Waals surface area contributed by atoms with Gasteiger partial charge in [-0.3, -0.25) is 9.36 Å². The monoisotopic (exact) mass is 354 g/mol. The molecule has 0 amide bonds. The highest BCUT2D eigenvalue weighted by molar-refractivity contribution is 5.80. The molecule has 4 nitrogen and oxygen atoms in total. The summed E-state index contributed by atoms with van der Waals surface area (Å²) in [5, 5.41) is 0.570. The molecule has 0 saturated carbocycles. The first-order valence-electron chi connectivity index (χ1n) is 8.66. The maximum Gasteiger partial charge on any atom is 0.266 e. The van der Waals surface area contributed by atoms with Crippen molar-refractivity contribution in [2.24, 2.45) is 0 Å². The third kappa shape index (κ3) is 3.25. The largest absolute Gasteiger partial charge is 0.495 e. The average Bonchev–Trinajstić information content (AvgIpc) is 2.73. The van der Waals surface area contributed by atoms with E-state index in [4.69, 9.17) is 9.72 Å². The number of fused-ring (bicyclic) bond motifs is 1. The Hall–Kier alpha value is -3.66. The minimum absolute atomic E-state index is 0.127. The van der Waals surface area contributed by atoms with Crippen molar-refractivity contribution in [1.82, 2.24) is 9.55 Å². The number of benzene rings is 3. The van der Waals surface area contributed by atoms with E-state index >= 15 is 0 Å². The molecule has 1 heterocycles. The number of nitrogens with zero attached hydrogens (tertiary/aromatic N) is 2. The van der Waals surface area contributed by atoms with Gasteiger partial charge in [-0.1, -0.05) is 60.7 Å². The van der Waals surface area contributed by atoms with Crippen LogP contribution in [0.4, 0.5) is 0 Å². The Balaban J connectivity index is 1.99. The van der Waals surface area contributed by atoms with Gasteiger partial charge in [0.05, 0.1) is 23.7 Å². The van der Waals surface area contributed by atoms with Crippen LogP contribution < -0.4 is 10.3 Å². The molecular weight excluding hydrogens is 336 g/mol. The SMILES string of the molecule is COc1ccccc1-n1c(/C=C/c2ccccc2)nc2ccccc2c1=O. The fourth-order valence-electron chi connectivity index (χ4n) is 3.04. The van der Waals surface area contributed by atoms with Crippen molar-refractivity contribution in [3.05, 3.63) is 101 Å². The summed E-state index contributed by atoms with van der Waals surface area (Å²) in [6.07, 6.45) is 3.80. The Morgan fingerprint density at radius 2 is 1.56 bits per heavy atom. The molecule has 0 N–H and O–H groups in total. The average molecular weight is 354 g/mol. The summed E-state index contributed by atoms with van der Waals surface area (Å²) < 4.78 is 7.07. The number of hydrogen-bond acceptors (Lipinski definition) is 3. The second kappa shape index (κ2) is 7.30. The molecule has 0 saturated heterocycles. The molecule has 3 aromatic carbocycles. The summed E-state index contributed by atoms with van der Waals surface area (Å²) in [4.78, 5) is 18.0. The van der Waals surface area contributed by atoms with Crippen LogP contribution in [0.25, 0.3) is 28.7 Å². The second-order valence-electron chi connectivity index (χ2n) is 6.04. The maximum atomic E-state index is 13.3. The number of ether oxygens (including phenoxy) is 1. The number of rotatable bonds is 4. The summed E-state index contributed by atoms with van der Waals surface area (Å²) in [7, 11) is 1.60. The van der Waals surface area contributed by atoms with Crippen LogP contribution in [0.15, 0.2) is 83.7 Å². The zero-order chi connectivity index (χ0) is 18.6. The van der Waals surface area contributed by atoms with Gasteiger partial charge in [0.1, 0.15) is 11.6 Å². The molecule has 0 aliphatic carbocycles. The molecule has 132 valence electrons. The normalized spacial score (nSPS) is 11.1. The van der Waals surface area contributed by atoms with Crippen LogP contribution in [-0.2, 0) is 0 Å². The van der Waals surface area contributed by atoms with E-state index in [9.17, 15) is 4.79 Å². The predicted octanol–water partition coefficient (Wildman–Crippen LogP) is 4.56. The summed E-state index contributed by atoms with van der Waals surface area (Å²) in [6.45, 7) is 0. The van der Waals surface area contributed by atoms with Crippen molar-refractivity contribution >= 4 is 23.1 Å². The molecule has 0 spiro atoms. The van der Waals surface area contributed by atoms with Crippen LogP contribution >= 0.6 is 0 Å². The van der Waals surface area contributed by atoms with E-state index in [1.54, 1.807) is 17.7 Å². The summed E-state index contributed by atoms with van der Waals surface area (Å²) in [5.41, 5.74) is 2.24. The Labute approximate surface area is 157 Å². The van der Waals surface area contributed by atoms with E-state index in [0.717, 1.165) is 5.56 Å². The van der Waals surface area contributed by atoms with E-state index < -0.39 is 0 Å². The van der Waals surface area contributed by atoms with Crippen molar-refractivity contribution in [3.8, 4) is 11.4 Å². The van der Waals surface area contributed by atoms with Gasteiger partial charge in [-0.2, -0.15) is 0 Å². The first kappa shape index (κ1) is 16.8. The van der Waals surface area contributed by atoms with Gasteiger partial charge in [-0.15, -0.1) is 0 Å². The molecular formula is C23H18N2O2. The zero-order valence-corrected chi connectivity index (χ0v) is 14.9. The second-order valence-corrected chi connectivity index (χ2v) is 6.04. The van der Waals surface area contributed by atoms with Crippen molar-refractivity contribution in [1.29, 1.82) is 0 Å². The number of hydrogen-bond donors (Lipinski definition) is 0. The molecule has 0 bridgehead atoms. The highest BCUT2D eigenvalue weighted by atomic mass is 16.5. The fraction of sp³-hybridized carbons (Fsp3) is 0.0435. The third-order valence-corrected chi connectivity index (χ3v) is 4.35. The van der Waals surface area contributed by atoms with Crippen molar-refractivity contribution in [3.63, 3.8) is 0 Å². The van der Waals surface area contributed by atoms with Gasteiger partial charge in [0.2, 0.25) is 0 Å². The molecule has 0 aliphatic heterocycles. The molecule has 4 rings (SSSR count). The Morgan fingerprint density at radius 1 is 0.852 bits per heavy atom. The minimum Gasteiger partial charge on any atom is -0.495 e. The third-order valence-electron chi connectivity index (χ3n) is 4.35. The molecule has 27 heavy (non-hydrogen) atoms. The lowest BCUT2D eigenvalue weighted by molar-refractivity contribution is 0.412. The standard InChI is InChI=1S/C23H18N2O2/c1-27-21-14-8-7-13-20(21)25-22(16-15-17-9-3-2-4-10-17)24-19-12-6-5-11-18(19)23(25)26/h2-16H,1H3/b16-15+. The lowest BCUT2D eigenvalue weighted by Gasteiger charge is -2.14. The molecule has 0 radical (unpaired) electrons. The van der Waals surface area contributed by atoms with E-state index in [2.05, 4.69) is 0 Å². The van der Waals surface area contributed by atoms with Crippen molar-refractivity contribution in [2.75, 3.05) is 7.11 Å². The number of methoxy groups -OCH3 is 1. The van der Waals surface area contributed by atoms with Gasteiger partial charge in [-0.25, -0.2) is 4.98 Å². The van der Waals surface area contributed by atoms with Crippen LogP contribution in [0, 0.1) is 0 Å². The van der Waals surface area contributed by atoms with Crippen LogP contribution in [-0.4, -0.2) is 16.7 Å². The Morgan fingerprint density at radius 3 is 2.37 bits per heavy atom. The highest BCUT2D eigenvalue weighted by Crippen LogP contribution is 2.23. The molecule has 0 atom stereocenters. The van der Waals surface area contributed by atoms with Gasteiger partial charge in [0.15, 0.2) is 0 Å². The lowest BCUT2D eigenvalue weighted by Crippen LogP contribution is -2.22. The van der Waals surface area contributed by atoms with Crippen LogP contribution in [0.2, 0.25) is 0 Å². The summed E-state index contributed by atoms with van der Waals surface area (Å²) >= 11 is 0. The van der Waals surface area contributed by atoms with Crippen molar-refractivity contribution in [2.45, 2.75) is 0 Å². The van der Waals surface area contributed by atoms with Gasteiger partial charge in [-0.05, 0) is 35.9 Å². The predicted molar refractivity (Wildman–Crippen MR) is 109 cm³/mol. The molecule has 0 aliphatic rings. The fourth-order valence-corrected chi connectivity index (χ4v) is 3.04. The molecule has 4 heteroatoms. The molecule has 0 fully saturated rings. The first-order chi connectivity index (χ1) is 13.3. The van der Waals surface area contributed by atoms with E-state index in [0.29, 0.717) is 28.2 Å². The topological polar surface area (TPSA) is 44.1 Å². The number of para-hydroxylation sites is 3. The van der Waals surface area contributed by atoms with Gasteiger partial charge < -0.3 is 4.74 Å². The van der Waals surface area contributed by atoms with Gasteiger partial charge in [0, 0.05) is 0 Å². The summed E-state index contributed by atoms with van der Waals surface area (Å²) in [6, 6.07) is 24.7. The number of aromatic nitrogens is 2. The zero-order valence-electron chi connectivity index (χ0n) is 14.9. The van der Waals surface area contributed by atoms with Crippen molar-refractivity contribution < 1.29 is 4.74 Å². The van der Waals surface area contributed by atoms with Gasteiger partial charge in [0.25, 0.3) is 5.56 Å². The van der Waals surface area contributed by atoms with E-state index in [1.807, 2.05) is 84.9 Å². The lowest BCUT2D eigenvalue weighted by atomic mass is 10.2. The first-order valence-corrected chi connectivity index (χ1v) is 8.66. The summed E-state index contributed by atoms with van der Waals surface area (Å²) in [5.74, 6) is 1.16. The Kier molecular flexibility index (Phi) is 4.54. The van der Waals surface area contributed by atoms with Crippen LogP contribution in [0.5, 0.6) is 5.75 Å². The quantitative estimate of drug-likeness (QED) is 0.539. The maximum absolute atomic E-state index is 13.3. The van der Waals surface area contributed by atoms with Gasteiger partial charge >= 0.3 is 0 Å². The highest BCUT2D eigenvalue weighted by Gasteiger charge is 2.14. The minimum atomic E-state index is -0.127. The molecule has 0 unspecified atom stereocenters. The smallest absolute Gasteiger partial charge is 0.266 e. The molecule has 4 aromatic rings. The van der Waals surface area contributed by atoms with E-state index in [1.165, 1.54) is 0 Å². The van der Waals surface area contributed by atoms with Crippen LogP contribution in [0.3, 0.4) is 0 Å². The Bertz CT molecular complexity index is 1180. The van der Waals surface area contributed by atoms with Crippen LogP contribution in [0.1, 0.15) is 11.4 Å². The molecule has 1 aromatic heterocycles. The van der Waals surface area contributed by atoms with E-state index in [-0.39, 0.29) is 5.56 Å².